The number of thioether (sulfide) groups is 1. The Balaban J connectivity index is 1.17. The van der Waals surface area contributed by atoms with Crippen molar-refractivity contribution in [1.82, 2.24) is 25.1 Å². The van der Waals surface area contributed by atoms with E-state index in [0.29, 0.717) is 23.9 Å². The molecule has 0 radical (unpaired) electrons. The Kier molecular flexibility index (Phi) is 10.2. The van der Waals surface area contributed by atoms with Crippen LogP contribution in [0.3, 0.4) is 0 Å². The van der Waals surface area contributed by atoms with Crippen molar-refractivity contribution in [2.75, 3.05) is 12.9 Å². The first kappa shape index (κ1) is 31.3. The summed E-state index contributed by atoms with van der Waals surface area (Å²) in [6.07, 6.45) is 1.67. The minimum Gasteiger partial charge on any atom is -0.497 e. The zero-order valence-electron chi connectivity index (χ0n) is 25.4. The van der Waals surface area contributed by atoms with Gasteiger partial charge in [0.05, 0.1) is 42.5 Å². The minimum absolute atomic E-state index is 0.0915. The van der Waals surface area contributed by atoms with Gasteiger partial charge in [0.2, 0.25) is 5.91 Å². The molecule has 0 saturated carbocycles. The van der Waals surface area contributed by atoms with E-state index in [9.17, 15) is 9.59 Å². The first-order valence-corrected chi connectivity index (χ1v) is 16.9. The zero-order chi connectivity index (χ0) is 31.7. The molecule has 234 valence electrons. The smallest absolute Gasteiger partial charge is 0.253 e. The topological polar surface area (TPSA) is 102 Å². The molecule has 11 heteroatoms. The van der Waals surface area contributed by atoms with Gasteiger partial charge in [0.1, 0.15) is 5.75 Å². The highest BCUT2D eigenvalue weighted by Gasteiger charge is 2.33. The lowest BCUT2D eigenvalue weighted by Gasteiger charge is -2.22. The van der Waals surface area contributed by atoms with E-state index >= 15 is 0 Å². The molecule has 0 spiro atoms. The fourth-order valence-corrected chi connectivity index (χ4v) is 6.86. The number of aromatic nitrogens is 3. The summed E-state index contributed by atoms with van der Waals surface area (Å²) >= 11 is 2.95. The number of amides is 2. The van der Waals surface area contributed by atoms with Crippen molar-refractivity contribution in [3.8, 4) is 5.75 Å². The normalized spacial score (nSPS) is 14.2. The van der Waals surface area contributed by atoms with Gasteiger partial charge in [0, 0.05) is 13.0 Å². The molecule has 1 aliphatic rings. The van der Waals surface area contributed by atoms with Gasteiger partial charge in [-0.2, -0.15) is 5.10 Å². The van der Waals surface area contributed by atoms with Crippen LogP contribution in [0.5, 0.6) is 5.75 Å². The van der Waals surface area contributed by atoms with Crippen molar-refractivity contribution in [2.24, 2.45) is 5.10 Å². The molecule has 3 heterocycles. The van der Waals surface area contributed by atoms with Crippen molar-refractivity contribution >= 4 is 40.6 Å². The Hall–Kier alpha value is -4.74. The van der Waals surface area contributed by atoms with Gasteiger partial charge in [-0.15, -0.1) is 21.5 Å². The number of methoxy groups -OCH3 is 1. The maximum Gasteiger partial charge on any atom is 0.253 e. The number of hydrogen-bond donors (Lipinski definition) is 1. The Bertz CT molecular complexity index is 1770. The Morgan fingerprint density at radius 2 is 1.67 bits per heavy atom. The van der Waals surface area contributed by atoms with Crippen LogP contribution in [0.1, 0.15) is 39.9 Å². The summed E-state index contributed by atoms with van der Waals surface area (Å²) in [5.41, 5.74) is 4.01. The summed E-state index contributed by atoms with van der Waals surface area (Å²) in [6.45, 7) is 0.846. The van der Waals surface area contributed by atoms with Crippen LogP contribution in [-0.2, 0) is 35.5 Å². The van der Waals surface area contributed by atoms with Crippen LogP contribution < -0.4 is 10.1 Å². The zero-order valence-corrected chi connectivity index (χ0v) is 27.0. The predicted octanol–water partition coefficient (Wildman–Crippen LogP) is 5.92. The first-order chi connectivity index (χ1) is 22.6. The molecule has 46 heavy (non-hydrogen) atoms. The van der Waals surface area contributed by atoms with E-state index in [1.165, 1.54) is 17.3 Å². The summed E-state index contributed by atoms with van der Waals surface area (Å²) < 4.78 is 7.34. The number of benzene rings is 3. The van der Waals surface area contributed by atoms with Gasteiger partial charge in [-0.1, -0.05) is 90.6 Å². The first-order valence-electron chi connectivity index (χ1n) is 15.0. The summed E-state index contributed by atoms with van der Waals surface area (Å²) in [7, 11) is 1.64. The van der Waals surface area contributed by atoms with Crippen LogP contribution >= 0.6 is 23.1 Å². The van der Waals surface area contributed by atoms with Crippen LogP contribution in [0.15, 0.2) is 113 Å². The molecule has 0 aliphatic carbocycles. The summed E-state index contributed by atoms with van der Waals surface area (Å²) in [5, 5.41) is 20.9. The lowest BCUT2D eigenvalue weighted by molar-refractivity contribution is -0.130. The number of thiophene rings is 1. The van der Waals surface area contributed by atoms with Gasteiger partial charge in [-0.25, -0.2) is 5.01 Å². The molecule has 0 bridgehead atoms. The maximum absolute atomic E-state index is 13.8. The Labute approximate surface area is 276 Å². The van der Waals surface area contributed by atoms with Gasteiger partial charge >= 0.3 is 0 Å². The van der Waals surface area contributed by atoms with Gasteiger partial charge < -0.3 is 14.6 Å². The molecular weight excluding hydrogens is 617 g/mol. The Morgan fingerprint density at radius 3 is 2.37 bits per heavy atom. The third-order valence-corrected chi connectivity index (χ3v) is 9.58. The molecule has 1 atom stereocenters. The molecule has 9 nitrogen and oxygen atoms in total. The van der Waals surface area contributed by atoms with E-state index in [1.54, 1.807) is 23.5 Å². The van der Waals surface area contributed by atoms with E-state index in [0.717, 1.165) is 33.9 Å². The Morgan fingerprint density at radius 1 is 0.935 bits per heavy atom. The molecule has 2 aromatic heterocycles. The molecule has 1 N–H and O–H groups in total. The molecule has 2 amide bonds. The average molecular weight is 651 g/mol. The number of carbonyl (C=O) groups is 2. The van der Waals surface area contributed by atoms with Crippen molar-refractivity contribution in [3.63, 3.8) is 0 Å². The monoisotopic (exact) mass is 650 g/mol. The van der Waals surface area contributed by atoms with E-state index < -0.39 is 0 Å². The predicted molar refractivity (Wildman–Crippen MR) is 181 cm³/mol. The van der Waals surface area contributed by atoms with Crippen molar-refractivity contribution in [1.29, 1.82) is 0 Å². The summed E-state index contributed by atoms with van der Waals surface area (Å²) in [5.74, 6) is 1.33. The second-order valence-electron chi connectivity index (χ2n) is 10.8. The van der Waals surface area contributed by atoms with Crippen molar-refractivity contribution in [3.05, 3.63) is 130 Å². The number of ether oxygens (including phenoxy) is 1. The van der Waals surface area contributed by atoms with Crippen LogP contribution in [0.2, 0.25) is 0 Å². The highest BCUT2D eigenvalue weighted by molar-refractivity contribution is 7.99. The molecule has 0 saturated heterocycles. The lowest BCUT2D eigenvalue weighted by atomic mass is 10.0. The van der Waals surface area contributed by atoms with Crippen LogP contribution in [0.4, 0.5) is 0 Å². The van der Waals surface area contributed by atoms with E-state index in [2.05, 4.69) is 27.6 Å². The van der Waals surface area contributed by atoms with E-state index in [-0.39, 0.29) is 36.6 Å². The number of nitrogens with one attached hydrogen (secondary N) is 1. The van der Waals surface area contributed by atoms with Gasteiger partial charge in [-0.05, 0) is 46.7 Å². The number of carbonyl (C=O) groups excluding carboxylic acids is 2. The lowest BCUT2D eigenvalue weighted by Crippen LogP contribution is -2.29. The maximum atomic E-state index is 13.8. The third-order valence-electron chi connectivity index (χ3n) is 7.71. The van der Waals surface area contributed by atoms with Crippen molar-refractivity contribution < 1.29 is 14.3 Å². The second-order valence-corrected chi connectivity index (χ2v) is 12.7. The molecule has 5 aromatic rings. The average Bonchev–Trinajstić information content (AvgIpc) is 3.87. The molecule has 0 fully saturated rings. The highest BCUT2D eigenvalue weighted by Crippen LogP contribution is 2.35. The minimum atomic E-state index is -0.220. The van der Waals surface area contributed by atoms with E-state index in [4.69, 9.17) is 9.84 Å². The van der Waals surface area contributed by atoms with Crippen LogP contribution in [-0.4, -0.2) is 50.2 Å². The second kappa shape index (κ2) is 15.0. The number of nitrogens with zero attached hydrogens (tertiary/aromatic N) is 5. The largest absolute Gasteiger partial charge is 0.497 e. The van der Waals surface area contributed by atoms with Crippen LogP contribution in [0.25, 0.3) is 0 Å². The molecule has 6 rings (SSSR count). The molecule has 3 aromatic carbocycles. The van der Waals surface area contributed by atoms with Crippen LogP contribution in [0, 0.1) is 0 Å². The summed E-state index contributed by atoms with van der Waals surface area (Å²) in [6, 6.07) is 31.4. The fraction of sp³-hybridized carbons (Fsp3) is 0.229. The van der Waals surface area contributed by atoms with Gasteiger partial charge in [0.15, 0.2) is 11.0 Å². The fourth-order valence-electron chi connectivity index (χ4n) is 5.30. The molecule has 0 unspecified atom stereocenters. The molecular formula is C35H34N6O3S2. The number of aryl methyl sites for hydroxylation is 1. The quantitative estimate of drug-likeness (QED) is 0.159. The number of rotatable bonds is 13. The van der Waals surface area contributed by atoms with E-state index in [1.807, 2.05) is 94.9 Å². The van der Waals surface area contributed by atoms with Gasteiger partial charge in [0.25, 0.3) is 5.91 Å². The standard InChI is InChI=1S/C35H34N6O3S2/c1-44-28-16-14-27(15-17-28)30-22-29(31-13-8-20-45-31)39-41(30)34(43)24-46-35-38-37-32(40(35)19-18-25-9-4-2-5-10-25)23-36-33(42)21-26-11-6-3-7-12-26/h2-17,20,30H,18-19,21-24H2,1H3,(H,36,42)/t30-/m0/s1. The van der Waals surface area contributed by atoms with Crippen molar-refractivity contribution in [2.45, 2.75) is 43.6 Å². The molecule has 1 aliphatic heterocycles. The number of hydrazone groups is 1. The van der Waals surface area contributed by atoms with Gasteiger partial charge in [-0.3, -0.25) is 9.59 Å². The third kappa shape index (κ3) is 7.72. The summed E-state index contributed by atoms with van der Waals surface area (Å²) in [4.78, 5) is 27.5. The SMILES string of the molecule is COc1ccc([C@@H]2CC(c3cccs3)=NN2C(=O)CSc2nnc(CNC(=O)Cc3ccccc3)n2CCc2ccccc2)cc1. The number of hydrogen-bond acceptors (Lipinski definition) is 8. The highest BCUT2D eigenvalue weighted by atomic mass is 32.2.